The molecule has 0 saturated carbocycles. The number of phenols is 2. The first kappa shape index (κ1) is 18.5. The van der Waals surface area contributed by atoms with Crippen LogP contribution < -0.4 is 10.0 Å². The van der Waals surface area contributed by atoms with Crippen LogP contribution in [0.3, 0.4) is 0 Å². The van der Waals surface area contributed by atoms with E-state index in [1.165, 1.54) is 41.4 Å². The summed E-state index contributed by atoms with van der Waals surface area (Å²) in [7, 11) is 0. The number of carboxylic acid groups (broad SMARTS) is 1. The summed E-state index contributed by atoms with van der Waals surface area (Å²) in [5.41, 5.74) is 0.862. The van der Waals surface area contributed by atoms with Crippen LogP contribution in [0.15, 0.2) is 58.7 Å². The van der Waals surface area contributed by atoms with Gasteiger partial charge in [0, 0.05) is 18.0 Å². The lowest BCUT2D eigenvalue weighted by molar-refractivity contribution is -0.305. The van der Waals surface area contributed by atoms with Gasteiger partial charge in [0.15, 0.2) is 5.17 Å². The number of para-hydroxylation sites is 1. The van der Waals surface area contributed by atoms with Crippen LogP contribution in [0.25, 0.3) is 0 Å². The molecule has 0 aromatic heterocycles. The molecule has 1 unspecified atom stereocenters. The maximum atomic E-state index is 12.6. The van der Waals surface area contributed by atoms with Gasteiger partial charge in [-0.3, -0.25) is 9.69 Å². The van der Waals surface area contributed by atoms with E-state index in [1.54, 1.807) is 18.2 Å². The minimum absolute atomic E-state index is 0.0281. The molecule has 1 saturated heterocycles. The van der Waals surface area contributed by atoms with Crippen LogP contribution in [0.1, 0.15) is 12.0 Å². The molecule has 9 heteroatoms. The Labute approximate surface area is 158 Å². The summed E-state index contributed by atoms with van der Waals surface area (Å²) in [6.45, 7) is 0. The zero-order valence-corrected chi connectivity index (χ0v) is 14.7. The molecule has 1 aliphatic rings. The summed E-state index contributed by atoms with van der Waals surface area (Å²) < 4.78 is 0. The number of hydrogen-bond donors (Lipinski definition) is 2. The molecule has 0 aliphatic carbocycles. The highest BCUT2D eigenvalue weighted by atomic mass is 32.2. The van der Waals surface area contributed by atoms with Gasteiger partial charge in [0.05, 0.1) is 17.2 Å². The summed E-state index contributed by atoms with van der Waals surface area (Å²) in [6, 6.07) is 12.4. The third-order valence-corrected chi connectivity index (χ3v) is 4.80. The molecule has 27 heavy (non-hydrogen) atoms. The van der Waals surface area contributed by atoms with Gasteiger partial charge in [0.1, 0.15) is 11.5 Å². The van der Waals surface area contributed by atoms with E-state index in [-0.39, 0.29) is 16.7 Å². The highest BCUT2D eigenvalue weighted by molar-refractivity contribution is 8.16. The van der Waals surface area contributed by atoms with E-state index in [4.69, 9.17) is 0 Å². The summed E-state index contributed by atoms with van der Waals surface area (Å²) in [4.78, 5) is 24.7. The van der Waals surface area contributed by atoms with Gasteiger partial charge in [-0.15, -0.1) is 5.10 Å². The number of amidine groups is 1. The van der Waals surface area contributed by atoms with Crippen molar-refractivity contribution in [3.8, 4) is 11.5 Å². The number of carboxylic acids is 1. The number of carbonyl (C=O) groups is 2. The number of nitrogens with zero attached hydrogens (tertiary/aromatic N) is 3. The Balaban J connectivity index is 1.91. The molecule has 1 fully saturated rings. The Morgan fingerprint density at radius 2 is 1.89 bits per heavy atom. The van der Waals surface area contributed by atoms with Gasteiger partial charge in [-0.1, -0.05) is 23.9 Å². The normalized spacial score (nSPS) is 18.5. The van der Waals surface area contributed by atoms with E-state index < -0.39 is 23.5 Å². The van der Waals surface area contributed by atoms with Gasteiger partial charge in [-0.25, -0.2) is 0 Å². The van der Waals surface area contributed by atoms with Crippen LogP contribution in [-0.2, 0) is 9.59 Å². The molecule has 3 rings (SSSR count). The van der Waals surface area contributed by atoms with Crippen molar-refractivity contribution in [3.63, 3.8) is 0 Å². The number of rotatable bonds is 5. The van der Waals surface area contributed by atoms with Crippen LogP contribution in [0.2, 0.25) is 0 Å². The Hall–Kier alpha value is -3.33. The second-order valence-corrected chi connectivity index (χ2v) is 6.73. The molecule has 1 heterocycles. The van der Waals surface area contributed by atoms with Gasteiger partial charge in [0.25, 0.3) is 0 Å². The fourth-order valence-electron chi connectivity index (χ4n) is 2.39. The molecule has 0 spiro atoms. The van der Waals surface area contributed by atoms with Crippen LogP contribution in [0, 0.1) is 0 Å². The fraction of sp³-hybridized carbons (Fsp3) is 0.111. The van der Waals surface area contributed by atoms with E-state index in [9.17, 15) is 24.9 Å². The largest absolute Gasteiger partial charge is 0.550 e. The first-order chi connectivity index (χ1) is 13.0. The molecule has 0 bridgehead atoms. The average molecular weight is 384 g/mol. The van der Waals surface area contributed by atoms with Crippen molar-refractivity contribution in [2.75, 3.05) is 4.90 Å². The van der Waals surface area contributed by atoms with Gasteiger partial charge in [0.2, 0.25) is 5.91 Å². The van der Waals surface area contributed by atoms with E-state index in [0.717, 1.165) is 11.8 Å². The number of hydrogen-bond acceptors (Lipinski definition) is 8. The average Bonchev–Trinajstić information content (AvgIpc) is 2.92. The van der Waals surface area contributed by atoms with Crippen molar-refractivity contribution in [2.24, 2.45) is 10.2 Å². The van der Waals surface area contributed by atoms with Crippen molar-refractivity contribution >= 4 is 40.7 Å². The Kier molecular flexibility index (Phi) is 5.41. The third-order valence-electron chi connectivity index (χ3n) is 3.67. The highest BCUT2D eigenvalue weighted by Crippen LogP contribution is 2.34. The molecule has 2 N–H and O–H groups in total. The lowest BCUT2D eigenvalue weighted by Crippen LogP contribution is -2.35. The van der Waals surface area contributed by atoms with E-state index in [1.807, 2.05) is 0 Å². The maximum Gasteiger partial charge on any atom is 0.247 e. The molecule has 1 aliphatic heterocycles. The number of thioether (sulfide) groups is 1. The quantitative estimate of drug-likeness (QED) is 0.587. The fourth-order valence-corrected chi connectivity index (χ4v) is 3.47. The lowest BCUT2D eigenvalue weighted by Gasteiger charge is -2.16. The standard InChI is InChI=1S/C18H15N3O5S/c22-13-7-5-12(6-8-13)21-17(26)15(9-16(24)25)27-18(21)20-19-10-11-3-1-2-4-14(11)23/h1-8,10,15,22-23H,9H2,(H,24,25)/p-1/b19-10+,20-18?. The van der Waals surface area contributed by atoms with Crippen molar-refractivity contribution in [2.45, 2.75) is 11.7 Å². The Bertz CT molecular complexity index is 927. The number of amides is 1. The minimum atomic E-state index is -1.34. The number of carbonyl (C=O) groups excluding carboxylic acids is 2. The first-order valence-corrected chi connectivity index (χ1v) is 8.72. The Morgan fingerprint density at radius 3 is 2.56 bits per heavy atom. The van der Waals surface area contributed by atoms with Crippen LogP contribution >= 0.6 is 11.8 Å². The predicted molar refractivity (Wildman–Crippen MR) is 99.7 cm³/mol. The van der Waals surface area contributed by atoms with E-state index in [0.29, 0.717) is 11.3 Å². The number of aliphatic carboxylic acids is 1. The maximum absolute atomic E-state index is 12.6. The smallest absolute Gasteiger partial charge is 0.247 e. The van der Waals surface area contributed by atoms with Crippen LogP contribution in [0.5, 0.6) is 11.5 Å². The molecule has 138 valence electrons. The molecule has 0 radical (unpaired) electrons. The summed E-state index contributed by atoms with van der Waals surface area (Å²) in [6.07, 6.45) is 0.870. The van der Waals surface area contributed by atoms with Gasteiger partial charge < -0.3 is 20.1 Å². The molecular weight excluding hydrogens is 370 g/mol. The van der Waals surface area contributed by atoms with Crippen molar-refractivity contribution in [1.82, 2.24) is 0 Å². The number of benzene rings is 2. The van der Waals surface area contributed by atoms with Crippen molar-refractivity contribution in [3.05, 3.63) is 54.1 Å². The molecule has 2 aromatic rings. The van der Waals surface area contributed by atoms with Gasteiger partial charge >= 0.3 is 0 Å². The predicted octanol–water partition coefficient (Wildman–Crippen LogP) is 1.08. The topological polar surface area (TPSA) is 126 Å². The highest BCUT2D eigenvalue weighted by Gasteiger charge is 2.39. The van der Waals surface area contributed by atoms with E-state index in [2.05, 4.69) is 10.2 Å². The number of aromatic hydroxyl groups is 2. The molecular formula is C18H14N3O5S-. The minimum Gasteiger partial charge on any atom is -0.550 e. The van der Waals surface area contributed by atoms with Crippen molar-refractivity contribution < 1.29 is 24.9 Å². The monoisotopic (exact) mass is 384 g/mol. The summed E-state index contributed by atoms with van der Waals surface area (Å²) in [5, 5.41) is 37.3. The van der Waals surface area contributed by atoms with Crippen LogP contribution in [-0.4, -0.2) is 38.7 Å². The molecule has 1 atom stereocenters. The zero-order chi connectivity index (χ0) is 19.4. The number of phenolic OH excluding ortho intramolecular Hbond substituents is 2. The molecule has 8 nitrogen and oxygen atoms in total. The zero-order valence-electron chi connectivity index (χ0n) is 13.8. The summed E-state index contributed by atoms with van der Waals surface area (Å²) in [5.74, 6) is -1.75. The second-order valence-electron chi connectivity index (χ2n) is 5.56. The molecule has 2 aromatic carbocycles. The second kappa shape index (κ2) is 7.92. The third kappa shape index (κ3) is 4.26. The SMILES string of the molecule is O=C([O-])CC1SC(=N/N=C/c2ccccc2O)N(c2ccc(O)cc2)C1=O. The number of anilines is 1. The van der Waals surface area contributed by atoms with Crippen LogP contribution in [0.4, 0.5) is 5.69 Å². The Morgan fingerprint density at radius 1 is 1.19 bits per heavy atom. The van der Waals surface area contributed by atoms with Gasteiger partial charge in [-0.05, 0) is 36.4 Å². The van der Waals surface area contributed by atoms with Crippen molar-refractivity contribution in [1.29, 1.82) is 0 Å². The van der Waals surface area contributed by atoms with E-state index >= 15 is 0 Å². The first-order valence-electron chi connectivity index (χ1n) is 7.84. The lowest BCUT2D eigenvalue weighted by atomic mass is 10.2. The summed E-state index contributed by atoms with van der Waals surface area (Å²) >= 11 is 0.960. The molecule has 1 amide bonds. The van der Waals surface area contributed by atoms with Gasteiger partial charge in [-0.2, -0.15) is 5.10 Å².